The highest BCUT2D eigenvalue weighted by Gasteiger charge is 2.17. The van der Waals surface area contributed by atoms with Crippen LogP contribution in [0.25, 0.3) is 0 Å². The molecular formula is C19H25NS. The molecule has 0 radical (unpaired) electrons. The van der Waals surface area contributed by atoms with Crippen LogP contribution in [0.15, 0.2) is 42.5 Å². The van der Waals surface area contributed by atoms with Crippen LogP contribution >= 0.6 is 11.8 Å². The van der Waals surface area contributed by atoms with Crippen LogP contribution in [0.3, 0.4) is 0 Å². The zero-order valence-corrected chi connectivity index (χ0v) is 14.2. The van der Waals surface area contributed by atoms with Gasteiger partial charge in [0.15, 0.2) is 0 Å². The number of hydrogen-bond donors (Lipinski definition) is 1. The van der Waals surface area contributed by atoms with Crippen LogP contribution in [0.4, 0.5) is 0 Å². The van der Waals surface area contributed by atoms with Gasteiger partial charge in [-0.25, -0.2) is 0 Å². The second-order valence-electron chi connectivity index (χ2n) is 6.00. The molecule has 0 bridgehead atoms. The fraction of sp³-hybridized carbons (Fsp3) is 0.368. The minimum Gasteiger partial charge on any atom is -0.327 e. The van der Waals surface area contributed by atoms with Crippen molar-refractivity contribution >= 4 is 11.8 Å². The highest BCUT2D eigenvalue weighted by Crippen LogP contribution is 2.34. The minimum atomic E-state index is 0.141. The van der Waals surface area contributed by atoms with Crippen LogP contribution < -0.4 is 5.73 Å². The molecule has 0 aliphatic rings. The van der Waals surface area contributed by atoms with Crippen molar-refractivity contribution in [3.05, 3.63) is 70.3 Å². The van der Waals surface area contributed by atoms with Crippen molar-refractivity contribution < 1.29 is 0 Å². The van der Waals surface area contributed by atoms with E-state index < -0.39 is 0 Å². The van der Waals surface area contributed by atoms with Gasteiger partial charge in [-0.3, -0.25) is 0 Å². The van der Waals surface area contributed by atoms with Gasteiger partial charge >= 0.3 is 0 Å². The van der Waals surface area contributed by atoms with Crippen LogP contribution in [-0.2, 0) is 5.75 Å². The van der Waals surface area contributed by atoms with Crippen molar-refractivity contribution in [3.8, 4) is 0 Å². The maximum atomic E-state index is 6.22. The molecular weight excluding hydrogens is 274 g/mol. The minimum absolute atomic E-state index is 0.141. The SMILES string of the molecule is Cc1cc(C)cc(CSC(c2cccc(C)c2)C(C)N)c1. The molecule has 0 fully saturated rings. The topological polar surface area (TPSA) is 26.0 Å². The molecule has 0 aromatic heterocycles. The van der Waals surface area contributed by atoms with E-state index in [1.807, 2.05) is 11.8 Å². The first-order chi connectivity index (χ1) is 9.95. The van der Waals surface area contributed by atoms with Gasteiger partial charge in [0.25, 0.3) is 0 Å². The first-order valence-electron chi connectivity index (χ1n) is 7.46. The Balaban J connectivity index is 2.14. The molecule has 0 saturated heterocycles. The molecule has 1 nitrogen and oxygen atoms in total. The molecule has 0 heterocycles. The van der Waals surface area contributed by atoms with Gasteiger partial charge in [0.1, 0.15) is 0 Å². The van der Waals surface area contributed by atoms with E-state index in [0.717, 1.165) is 5.75 Å². The number of hydrogen-bond acceptors (Lipinski definition) is 2. The summed E-state index contributed by atoms with van der Waals surface area (Å²) in [4.78, 5) is 0. The fourth-order valence-electron chi connectivity index (χ4n) is 2.74. The summed E-state index contributed by atoms with van der Waals surface area (Å²) in [6.07, 6.45) is 0. The van der Waals surface area contributed by atoms with Gasteiger partial charge in [0.2, 0.25) is 0 Å². The first kappa shape index (κ1) is 16.1. The normalized spacial score (nSPS) is 14.0. The van der Waals surface area contributed by atoms with E-state index in [-0.39, 0.29) is 6.04 Å². The van der Waals surface area contributed by atoms with Crippen molar-refractivity contribution in [2.75, 3.05) is 0 Å². The monoisotopic (exact) mass is 299 g/mol. The zero-order chi connectivity index (χ0) is 15.4. The van der Waals surface area contributed by atoms with Gasteiger partial charge in [0, 0.05) is 17.0 Å². The summed E-state index contributed by atoms with van der Waals surface area (Å²) >= 11 is 1.94. The molecule has 2 heteroatoms. The molecule has 2 unspecified atom stereocenters. The summed E-state index contributed by atoms with van der Waals surface area (Å²) in [5.74, 6) is 1.00. The maximum Gasteiger partial charge on any atom is 0.0449 e. The molecule has 2 aromatic rings. The Kier molecular flexibility index (Phi) is 5.49. The van der Waals surface area contributed by atoms with Gasteiger partial charge in [-0.15, -0.1) is 11.8 Å². The molecule has 0 amide bonds. The number of thioether (sulfide) groups is 1. The van der Waals surface area contributed by atoms with Gasteiger partial charge < -0.3 is 5.73 Å². The Hall–Kier alpha value is -1.25. The smallest absolute Gasteiger partial charge is 0.0449 e. The maximum absolute atomic E-state index is 6.22. The van der Waals surface area contributed by atoms with Crippen LogP contribution in [0.5, 0.6) is 0 Å². The predicted molar refractivity (Wildman–Crippen MR) is 94.8 cm³/mol. The molecule has 112 valence electrons. The Morgan fingerprint density at radius 3 is 2.19 bits per heavy atom. The molecule has 0 spiro atoms. The third-order valence-electron chi connectivity index (χ3n) is 3.56. The molecule has 0 aliphatic carbocycles. The highest BCUT2D eigenvalue weighted by molar-refractivity contribution is 7.98. The summed E-state index contributed by atoms with van der Waals surface area (Å²) in [6.45, 7) is 8.55. The zero-order valence-electron chi connectivity index (χ0n) is 13.4. The molecule has 2 N–H and O–H groups in total. The number of benzene rings is 2. The Labute approximate surface area is 133 Å². The van der Waals surface area contributed by atoms with Crippen molar-refractivity contribution in [2.24, 2.45) is 5.73 Å². The average molecular weight is 299 g/mol. The lowest BCUT2D eigenvalue weighted by molar-refractivity contribution is 0.721. The van der Waals surface area contributed by atoms with Gasteiger partial charge in [-0.05, 0) is 38.8 Å². The van der Waals surface area contributed by atoms with Crippen molar-refractivity contribution in [3.63, 3.8) is 0 Å². The first-order valence-corrected chi connectivity index (χ1v) is 8.51. The average Bonchev–Trinajstić information content (AvgIpc) is 2.37. The fourth-order valence-corrected chi connectivity index (χ4v) is 3.92. The number of rotatable bonds is 5. The Morgan fingerprint density at radius 1 is 0.952 bits per heavy atom. The van der Waals surface area contributed by atoms with Crippen molar-refractivity contribution in [1.29, 1.82) is 0 Å². The van der Waals surface area contributed by atoms with Crippen molar-refractivity contribution in [2.45, 2.75) is 44.7 Å². The lowest BCUT2D eigenvalue weighted by atomic mass is 10.0. The van der Waals surface area contributed by atoms with E-state index in [1.54, 1.807) is 0 Å². The second-order valence-corrected chi connectivity index (χ2v) is 7.13. The van der Waals surface area contributed by atoms with E-state index in [1.165, 1.54) is 27.8 Å². The van der Waals surface area contributed by atoms with Crippen LogP contribution in [-0.4, -0.2) is 6.04 Å². The molecule has 2 aromatic carbocycles. The Morgan fingerprint density at radius 2 is 1.62 bits per heavy atom. The standard InChI is InChI=1S/C19H25NS/c1-13-6-5-7-18(11-13)19(16(4)20)21-12-17-9-14(2)8-15(3)10-17/h5-11,16,19H,12,20H2,1-4H3. The lowest BCUT2D eigenvalue weighted by Crippen LogP contribution is -2.22. The third-order valence-corrected chi connectivity index (χ3v) is 5.12. The number of aryl methyl sites for hydroxylation is 3. The quantitative estimate of drug-likeness (QED) is 0.847. The van der Waals surface area contributed by atoms with E-state index in [4.69, 9.17) is 5.73 Å². The van der Waals surface area contributed by atoms with E-state index in [2.05, 4.69) is 70.2 Å². The number of nitrogens with two attached hydrogens (primary N) is 1. The van der Waals surface area contributed by atoms with Gasteiger partial charge in [0.05, 0.1) is 0 Å². The van der Waals surface area contributed by atoms with Crippen molar-refractivity contribution in [1.82, 2.24) is 0 Å². The van der Waals surface area contributed by atoms with E-state index in [0.29, 0.717) is 5.25 Å². The summed E-state index contributed by atoms with van der Waals surface area (Å²) in [6, 6.07) is 15.6. The van der Waals surface area contributed by atoms with Crippen LogP contribution in [0, 0.1) is 20.8 Å². The van der Waals surface area contributed by atoms with Gasteiger partial charge in [-0.2, -0.15) is 0 Å². The summed E-state index contributed by atoms with van der Waals surface area (Å²) < 4.78 is 0. The largest absolute Gasteiger partial charge is 0.327 e. The molecule has 0 aliphatic heterocycles. The van der Waals surface area contributed by atoms with Crippen LogP contribution in [0.1, 0.15) is 40.0 Å². The van der Waals surface area contributed by atoms with Crippen LogP contribution in [0.2, 0.25) is 0 Å². The molecule has 0 saturated carbocycles. The lowest BCUT2D eigenvalue weighted by Gasteiger charge is -2.21. The third kappa shape index (κ3) is 4.62. The van der Waals surface area contributed by atoms with Gasteiger partial charge in [-0.1, -0.05) is 59.2 Å². The summed E-state index contributed by atoms with van der Waals surface area (Å²) in [5.41, 5.74) is 12.9. The molecule has 2 rings (SSSR count). The Bertz CT molecular complexity index is 584. The van der Waals surface area contributed by atoms with E-state index in [9.17, 15) is 0 Å². The predicted octanol–water partition coefficient (Wildman–Crippen LogP) is 4.93. The summed E-state index contributed by atoms with van der Waals surface area (Å²) in [5, 5.41) is 0.339. The molecule has 21 heavy (non-hydrogen) atoms. The second kappa shape index (κ2) is 7.15. The van der Waals surface area contributed by atoms with E-state index >= 15 is 0 Å². The highest BCUT2D eigenvalue weighted by atomic mass is 32.2. The summed E-state index contributed by atoms with van der Waals surface area (Å²) in [7, 11) is 0. The molecule has 2 atom stereocenters.